The van der Waals surface area contributed by atoms with Gasteiger partial charge in [-0.2, -0.15) is 0 Å². The molecule has 0 aliphatic heterocycles. The third kappa shape index (κ3) is 1.89. The number of ether oxygens (including phenoxy) is 1. The highest BCUT2D eigenvalue weighted by Crippen LogP contribution is 2.36. The number of benzene rings is 1. The molecule has 0 aliphatic carbocycles. The molecule has 5 nitrogen and oxygen atoms in total. The fraction of sp³-hybridized carbons (Fsp3) is 0.143. The van der Waals surface area contributed by atoms with Crippen LogP contribution in [0.4, 0.5) is 5.69 Å². The Hall–Kier alpha value is -1.30. The van der Waals surface area contributed by atoms with Crippen molar-refractivity contribution in [2.75, 3.05) is 7.11 Å². The number of hydrogen-bond acceptors (Lipinski definition) is 4. The Kier molecular flexibility index (Phi) is 2.72. The first-order chi connectivity index (χ1) is 6.06. The number of aromatic hydroxyl groups is 1. The van der Waals surface area contributed by atoms with Gasteiger partial charge in [0.05, 0.1) is 22.6 Å². The summed E-state index contributed by atoms with van der Waals surface area (Å²) in [5.41, 5.74) is -0.261. The third-order valence-electron chi connectivity index (χ3n) is 1.45. The predicted molar refractivity (Wildman–Crippen MR) is 49.0 cm³/mol. The highest BCUT2D eigenvalue weighted by Gasteiger charge is 2.17. The summed E-state index contributed by atoms with van der Waals surface area (Å²) in [6, 6.07) is 2.37. The van der Waals surface area contributed by atoms with Crippen LogP contribution in [-0.2, 0) is 0 Å². The fourth-order valence-electron chi connectivity index (χ4n) is 0.839. The topological polar surface area (TPSA) is 72.6 Å². The Morgan fingerprint density at radius 2 is 2.23 bits per heavy atom. The molecular formula is C7H6BrNO4. The van der Waals surface area contributed by atoms with E-state index in [1.807, 2.05) is 0 Å². The number of rotatable bonds is 2. The minimum Gasteiger partial charge on any atom is -0.507 e. The van der Waals surface area contributed by atoms with Crippen molar-refractivity contribution < 1.29 is 14.8 Å². The van der Waals surface area contributed by atoms with Crippen LogP contribution in [-0.4, -0.2) is 17.1 Å². The monoisotopic (exact) mass is 247 g/mol. The molecule has 0 amide bonds. The van der Waals surface area contributed by atoms with Gasteiger partial charge in [0.15, 0.2) is 5.75 Å². The number of nitro groups is 1. The lowest BCUT2D eigenvalue weighted by atomic mass is 10.3. The first-order valence-corrected chi connectivity index (χ1v) is 4.06. The van der Waals surface area contributed by atoms with Gasteiger partial charge in [-0.1, -0.05) is 0 Å². The van der Waals surface area contributed by atoms with Gasteiger partial charge in [-0.15, -0.1) is 0 Å². The van der Waals surface area contributed by atoms with Crippen molar-refractivity contribution >= 4 is 21.6 Å². The zero-order valence-corrected chi connectivity index (χ0v) is 8.24. The van der Waals surface area contributed by atoms with E-state index in [0.717, 1.165) is 6.07 Å². The molecule has 0 atom stereocenters. The lowest BCUT2D eigenvalue weighted by Gasteiger charge is -2.02. The molecule has 70 valence electrons. The molecule has 0 aromatic heterocycles. The third-order valence-corrected chi connectivity index (χ3v) is 2.08. The molecule has 1 aromatic rings. The Bertz CT molecular complexity index is 353. The van der Waals surface area contributed by atoms with E-state index in [0.29, 0.717) is 4.47 Å². The van der Waals surface area contributed by atoms with Crippen molar-refractivity contribution in [1.29, 1.82) is 0 Å². The lowest BCUT2D eigenvalue weighted by Crippen LogP contribution is -1.93. The standard InChI is InChI=1S/C7H6BrNO4/c1-13-7-2-4(8)6(10)3-5(7)9(11)12/h2-3,10H,1H3. The van der Waals surface area contributed by atoms with Crippen LogP contribution in [0.3, 0.4) is 0 Å². The summed E-state index contributed by atoms with van der Waals surface area (Å²) in [6.45, 7) is 0. The van der Waals surface area contributed by atoms with E-state index in [1.54, 1.807) is 0 Å². The Labute approximate surface area is 82.2 Å². The van der Waals surface area contributed by atoms with Crippen LogP contribution in [0, 0.1) is 10.1 Å². The summed E-state index contributed by atoms with van der Waals surface area (Å²) in [5.74, 6) is -0.0813. The average Bonchev–Trinajstić information content (AvgIpc) is 2.08. The van der Waals surface area contributed by atoms with E-state index in [9.17, 15) is 10.1 Å². The smallest absolute Gasteiger partial charge is 0.314 e. The molecule has 13 heavy (non-hydrogen) atoms. The molecule has 1 aromatic carbocycles. The quantitative estimate of drug-likeness (QED) is 0.642. The molecule has 0 saturated heterocycles. The van der Waals surface area contributed by atoms with Crippen LogP contribution in [0.1, 0.15) is 0 Å². The first kappa shape index (κ1) is 9.79. The number of halogens is 1. The molecule has 0 fully saturated rings. The molecule has 0 bridgehead atoms. The van der Waals surface area contributed by atoms with E-state index < -0.39 is 4.92 Å². The molecule has 0 saturated carbocycles. The van der Waals surface area contributed by atoms with E-state index in [4.69, 9.17) is 9.84 Å². The van der Waals surface area contributed by atoms with Gasteiger partial charge >= 0.3 is 5.69 Å². The van der Waals surface area contributed by atoms with Gasteiger partial charge in [0.25, 0.3) is 0 Å². The summed E-state index contributed by atoms with van der Waals surface area (Å²) in [7, 11) is 1.33. The second-order valence-corrected chi connectivity index (χ2v) is 3.09. The summed E-state index contributed by atoms with van der Waals surface area (Å²) < 4.78 is 5.12. The van der Waals surface area contributed by atoms with Gasteiger partial charge in [-0.3, -0.25) is 10.1 Å². The SMILES string of the molecule is COc1cc(Br)c(O)cc1[N+](=O)[O-]. The fourth-order valence-corrected chi connectivity index (χ4v) is 1.16. The molecule has 1 N–H and O–H groups in total. The van der Waals surface area contributed by atoms with Gasteiger partial charge in [0.2, 0.25) is 0 Å². The number of methoxy groups -OCH3 is 1. The van der Waals surface area contributed by atoms with Crippen molar-refractivity contribution in [1.82, 2.24) is 0 Å². The number of hydrogen-bond donors (Lipinski definition) is 1. The van der Waals surface area contributed by atoms with Gasteiger partial charge in [0, 0.05) is 6.07 Å². The highest BCUT2D eigenvalue weighted by molar-refractivity contribution is 9.10. The maximum Gasteiger partial charge on any atom is 0.314 e. The summed E-state index contributed by atoms with van der Waals surface area (Å²) in [5, 5.41) is 19.6. The van der Waals surface area contributed by atoms with Crippen LogP contribution < -0.4 is 4.74 Å². The van der Waals surface area contributed by atoms with E-state index >= 15 is 0 Å². The minimum absolute atomic E-state index is 0.106. The second-order valence-electron chi connectivity index (χ2n) is 2.23. The zero-order chi connectivity index (χ0) is 10.0. The Balaban J connectivity index is 3.33. The molecule has 0 spiro atoms. The molecule has 0 unspecified atom stereocenters. The summed E-state index contributed by atoms with van der Waals surface area (Å²) in [6.07, 6.45) is 0. The summed E-state index contributed by atoms with van der Waals surface area (Å²) in [4.78, 5) is 9.82. The van der Waals surface area contributed by atoms with Crippen LogP contribution in [0.2, 0.25) is 0 Å². The number of nitro benzene ring substituents is 1. The molecule has 0 radical (unpaired) electrons. The summed E-state index contributed by atoms with van der Waals surface area (Å²) >= 11 is 3.02. The molecule has 1 rings (SSSR count). The van der Waals surface area contributed by atoms with Crippen molar-refractivity contribution in [2.24, 2.45) is 0 Å². The van der Waals surface area contributed by atoms with Crippen LogP contribution >= 0.6 is 15.9 Å². The maximum absolute atomic E-state index is 10.4. The van der Waals surface area contributed by atoms with Gasteiger partial charge in [-0.05, 0) is 15.9 Å². The van der Waals surface area contributed by atoms with E-state index in [2.05, 4.69) is 15.9 Å². The number of phenols is 1. The van der Waals surface area contributed by atoms with Gasteiger partial charge < -0.3 is 9.84 Å². The molecule has 0 aliphatic rings. The number of phenolic OH excluding ortho intramolecular Hbond substituents is 1. The van der Waals surface area contributed by atoms with Crippen molar-refractivity contribution in [3.63, 3.8) is 0 Å². The minimum atomic E-state index is -0.620. The van der Waals surface area contributed by atoms with E-state index in [-0.39, 0.29) is 17.2 Å². The molecular weight excluding hydrogens is 242 g/mol. The molecule has 6 heteroatoms. The van der Waals surface area contributed by atoms with E-state index in [1.165, 1.54) is 13.2 Å². The van der Waals surface area contributed by atoms with Crippen molar-refractivity contribution in [3.8, 4) is 11.5 Å². The van der Waals surface area contributed by atoms with Gasteiger partial charge in [-0.25, -0.2) is 0 Å². The van der Waals surface area contributed by atoms with Crippen molar-refractivity contribution in [3.05, 3.63) is 26.7 Å². The average molecular weight is 248 g/mol. The van der Waals surface area contributed by atoms with Crippen molar-refractivity contribution in [2.45, 2.75) is 0 Å². The zero-order valence-electron chi connectivity index (χ0n) is 6.65. The number of nitrogens with zero attached hydrogens (tertiary/aromatic N) is 1. The Morgan fingerprint density at radius 1 is 1.62 bits per heavy atom. The predicted octanol–water partition coefficient (Wildman–Crippen LogP) is 2.07. The molecule has 0 heterocycles. The largest absolute Gasteiger partial charge is 0.507 e. The van der Waals surface area contributed by atoms with Gasteiger partial charge in [0.1, 0.15) is 5.75 Å². The maximum atomic E-state index is 10.4. The first-order valence-electron chi connectivity index (χ1n) is 3.27. The normalized spacial score (nSPS) is 9.69. The highest BCUT2D eigenvalue weighted by atomic mass is 79.9. The van der Waals surface area contributed by atoms with Crippen LogP contribution in [0.15, 0.2) is 16.6 Å². The van der Waals surface area contributed by atoms with Crippen LogP contribution in [0.5, 0.6) is 11.5 Å². The Morgan fingerprint density at radius 3 is 2.69 bits per heavy atom. The lowest BCUT2D eigenvalue weighted by molar-refractivity contribution is -0.385. The van der Waals surface area contributed by atoms with Crippen LogP contribution in [0.25, 0.3) is 0 Å². The second kappa shape index (κ2) is 3.61.